The predicted molar refractivity (Wildman–Crippen MR) is 228 cm³/mol. The number of hydrogen-bond donors (Lipinski definition) is 4. The van der Waals surface area contributed by atoms with E-state index in [9.17, 15) is 19.5 Å². The highest BCUT2D eigenvalue weighted by Gasteiger charge is 2.50. The Morgan fingerprint density at radius 2 is 1.85 bits per heavy atom. The summed E-state index contributed by atoms with van der Waals surface area (Å²) in [6.45, 7) is 4.37. The first-order valence-corrected chi connectivity index (χ1v) is 21.0. The fourth-order valence-corrected chi connectivity index (χ4v) is 9.51. The quantitative estimate of drug-likeness (QED) is 0.0884. The first-order chi connectivity index (χ1) is 29.4. The zero-order valence-electron chi connectivity index (χ0n) is 34.0. The summed E-state index contributed by atoms with van der Waals surface area (Å²) in [5, 5.41) is 20.5. The van der Waals surface area contributed by atoms with Crippen molar-refractivity contribution in [2.75, 3.05) is 55.7 Å². The number of para-hydroxylation sites is 1. The summed E-state index contributed by atoms with van der Waals surface area (Å²) in [6.07, 6.45) is 4.14. The number of rotatable bonds is 14. The number of aliphatic hydroxyl groups excluding tert-OH is 1. The van der Waals surface area contributed by atoms with Crippen LogP contribution in [0.4, 0.5) is 25.1 Å². The number of halogens is 3. The normalized spacial score (nSPS) is 19.3. The molecule has 61 heavy (non-hydrogen) atoms. The van der Waals surface area contributed by atoms with E-state index >= 15 is 8.78 Å². The fraction of sp³-hybridized carbons (Fsp3) is 0.378. The number of aryl methyl sites for hydroxylation is 1. The molecule has 0 spiro atoms. The number of urea groups is 1. The Morgan fingerprint density at radius 3 is 2.57 bits per heavy atom. The van der Waals surface area contributed by atoms with Crippen LogP contribution >= 0.6 is 11.6 Å². The molecule has 0 unspecified atom stereocenters. The fourth-order valence-electron chi connectivity index (χ4n) is 9.26. The molecule has 3 aliphatic heterocycles. The highest BCUT2D eigenvalue weighted by molar-refractivity contribution is 6.34. The molecule has 8 rings (SSSR count). The highest BCUT2D eigenvalue weighted by atomic mass is 35.5. The summed E-state index contributed by atoms with van der Waals surface area (Å²) in [6, 6.07) is 18.9. The molecule has 320 valence electrons. The second-order valence-electron chi connectivity index (χ2n) is 15.9. The molecule has 4 aromatic carbocycles. The molecule has 5 aromatic rings. The molecule has 0 aliphatic carbocycles. The number of fused-ring (bicyclic) bond motifs is 2. The van der Waals surface area contributed by atoms with E-state index in [-0.39, 0.29) is 65.3 Å². The van der Waals surface area contributed by atoms with Crippen molar-refractivity contribution in [1.82, 2.24) is 20.4 Å². The number of benzene rings is 4. The number of aromatic nitrogens is 2. The second-order valence-corrected chi connectivity index (χ2v) is 16.3. The van der Waals surface area contributed by atoms with Gasteiger partial charge in [-0.05, 0) is 68.0 Å². The Kier molecular flexibility index (Phi) is 11.9. The number of primary amides is 1. The van der Waals surface area contributed by atoms with Gasteiger partial charge in [-0.1, -0.05) is 54.9 Å². The largest absolute Gasteiger partial charge is 0.488 e. The van der Waals surface area contributed by atoms with E-state index in [1.165, 1.54) is 23.1 Å². The van der Waals surface area contributed by atoms with E-state index in [4.69, 9.17) is 31.9 Å². The van der Waals surface area contributed by atoms with E-state index in [0.717, 1.165) is 60.9 Å². The number of nitrogens with one attached hydrogen (secondary N) is 2. The number of nitrogens with two attached hydrogens (primary N) is 1. The standard InChI is InChI=1S/C45H48ClF2N7O6/c1-26-36-34(24-31(47)39(46)38(36)37-29(42(49)58)13-14-33(40(37)48)60-23-22-56)61-45(26,28-9-4-3-5-10-28)25-50-18-7-8-27-15-19-54(20-16-27)32-12-6-11-30-41(32)53(2)52-43(30)55-21-17-35(57)51-44(55)59/h3-6,9-14,24,26-27,50,56H,7-8,15-23,25H2,1-2H3,(H2,49,58)(H,51,57,59)/t26-,45-/m0/s1. The van der Waals surface area contributed by atoms with Crippen molar-refractivity contribution >= 4 is 51.9 Å². The van der Waals surface area contributed by atoms with Gasteiger partial charge in [0, 0.05) is 73.7 Å². The molecule has 0 saturated carbocycles. The Bertz CT molecular complexity index is 2500. The van der Waals surface area contributed by atoms with Crippen LogP contribution in [0.5, 0.6) is 11.5 Å². The summed E-state index contributed by atoms with van der Waals surface area (Å²) in [5.41, 5.74) is 7.38. The number of ether oxygens (including phenoxy) is 2. The molecule has 13 nitrogen and oxygen atoms in total. The van der Waals surface area contributed by atoms with Crippen molar-refractivity contribution < 1.29 is 37.7 Å². The topological polar surface area (TPSA) is 164 Å². The van der Waals surface area contributed by atoms with Gasteiger partial charge < -0.3 is 30.5 Å². The van der Waals surface area contributed by atoms with E-state index in [2.05, 4.69) is 21.6 Å². The minimum Gasteiger partial charge on any atom is -0.488 e. The van der Waals surface area contributed by atoms with Gasteiger partial charge in [0.2, 0.25) is 11.8 Å². The molecule has 2 fully saturated rings. The lowest BCUT2D eigenvalue weighted by molar-refractivity contribution is -0.120. The molecule has 1 aromatic heterocycles. The van der Waals surface area contributed by atoms with E-state index < -0.39 is 35.1 Å². The first kappa shape index (κ1) is 41.9. The Labute approximate surface area is 356 Å². The lowest BCUT2D eigenvalue weighted by Crippen LogP contribution is -2.49. The van der Waals surface area contributed by atoms with E-state index in [0.29, 0.717) is 30.4 Å². The van der Waals surface area contributed by atoms with Gasteiger partial charge in [0.05, 0.1) is 28.4 Å². The van der Waals surface area contributed by atoms with Gasteiger partial charge in [-0.2, -0.15) is 5.10 Å². The number of carbonyl (C=O) groups excluding carboxylic acids is 3. The maximum absolute atomic E-state index is 16.4. The number of nitrogens with zero attached hydrogens (tertiary/aromatic N) is 4. The van der Waals surface area contributed by atoms with Gasteiger partial charge in [-0.3, -0.25) is 24.5 Å². The number of piperidine rings is 1. The molecule has 0 radical (unpaired) electrons. The number of hydrogen-bond acceptors (Lipinski definition) is 9. The van der Waals surface area contributed by atoms with Crippen LogP contribution in [0.25, 0.3) is 22.0 Å². The average Bonchev–Trinajstić information content (AvgIpc) is 3.74. The third-order valence-electron chi connectivity index (χ3n) is 12.3. The van der Waals surface area contributed by atoms with Gasteiger partial charge in [0.15, 0.2) is 23.0 Å². The molecule has 0 bridgehead atoms. The van der Waals surface area contributed by atoms with Crippen molar-refractivity contribution in [3.05, 3.63) is 100 Å². The molecule has 2 atom stereocenters. The van der Waals surface area contributed by atoms with Crippen molar-refractivity contribution in [2.45, 2.75) is 50.5 Å². The Morgan fingerprint density at radius 1 is 1.08 bits per heavy atom. The maximum Gasteiger partial charge on any atom is 0.329 e. The van der Waals surface area contributed by atoms with Crippen LogP contribution in [0.2, 0.25) is 5.02 Å². The average molecular weight is 856 g/mol. The van der Waals surface area contributed by atoms with Crippen LogP contribution in [-0.4, -0.2) is 78.7 Å². The highest BCUT2D eigenvalue weighted by Crippen LogP contribution is 2.56. The van der Waals surface area contributed by atoms with Crippen LogP contribution in [-0.2, 0) is 17.4 Å². The van der Waals surface area contributed by atoms with Gasteiger partial charge in [-0.25, -0.2) is 13.6 Å². The Hall–Kier alpha value is -5.77. The zero-order valence-corrected chi connectivity index (χ0v) is 34.7. The summed E-state index contributed by atoms with van der Waals surface area (Å²) in [4.78, 5) is 41.0. The summed E-state index contributed by atoms with van der Waals surface area (Å²) < 4.78 is 46.1. The minimum atomic E-state index is -1.06. The molecule has 3 aliphatic rings. The zero-order chi connectivity index (χ0) is 43.0. The molecule has 2 saturated heterocycles. The van der Waals surface area contributed by atoms with Gasteiger partial charge in [-0.15, -0.1) is 0 Å². The number of imide groups is 1. The van der Waals surface area contributed by atoms with Crippen molar-refractivity contribution in [3.63, 3.8) is 0 Å². The monoisotopic (exact) mass is 855 g/mol. The first-order valence-electron chi connectivity index (χ1n) is 20.6. The molecule has 4 heterocycles. The molecular formula is C45H48ClF2N7O6. The Balaban J connectivity index is 0.960. The third-order valence-corrected chi connectivity index (χ3v) is 12.7. The predicted octanol–water partition coefficient (Wildman–Crippen LogP) is 6.77. The van der Waals surface area contributed by atoms with E-state index in [1.807, 2.05) is 61.1 Å². The minimum absolute atomic E-state index is 0.0405. The van der Waals surface area contributed by atoms with Gasteiger partial charge in [0.25, 0.3) is 0 Å². The summed E-state index contributed by atoms with van der Waals surface area (Å²) >= 11 is 6.68. The van der Waals surface area contributed by atoms with Crippen molar-refractivity contribution in [2.24, 2.45) is 18.7 Å². The molecule has 4 amide bonds. The third kappa shape index (κ3) is 7.74. The SMILES string of the molecule is C[C@H]1c2c(cc(F)c(Cl)c2-c2c(C(N)=O)ccc(OCCO)c2F)O[C@]1(CNCCCC1CCN(c2cccc3c(N4CCC(=O)NC4=O)nn(C)c23)CC1)c1ccccc1. The van der Waals surface area contributed by atoms with Crippen LogP contribution in [0, 0.1) is 17.6 Å². The van der Waals surface area contributed by atoms with Crippen molar-refractivity contribution in [1.29, 1.82) is 0 Å². The van der Waals surface area contributed by atoms with Crippen molar-refractivity contribution in [3.8, 4) is 22.6 Å². The lowest BCUT2D eigenvalue weighted by atomic mass is 9.77. The summed E-state index contributed by atoms with van der Waals surface area (Å²) in [7, 11) is 1.88. The molecule has 16 heteroatoms. The maximum atomic E-state index is 16.4. The summed E-state index contributed by atoms with van der Waals surface area (Å²) in [5.74, 6) is -2.57. The lowest BCUT2D eigenvalue weighted by Gasteiger charge is -2.35. The number of anilines is 2. The van der Waals surface area contributed by atoms with E-state index in [1.54, 1.807) is 0 Å². The second kappa shape index (κ2) is 17.3. The number of amides is 4. The molecular weight excluding hydrogens is 808 g/mol. The molecule has 5 N–H and O–H groups in total. The number of aliphatic hydroxyl groups is 1. The van der Waals surface area contributed by atoms with Crippen LogP contribution in [0.3, 0.4) is 0 Å². The van der Waals surface area contributed by atoms with Gasteiger partial charge >= 0.3 is 6.03 Å². The number of carbonyl (C=O) groups is 3. The smallest absolute Gasteiger partial charge is 0.329 e. The van der Waals surface area contributed by atoms with Crippen LogP contribution < -0.4 is 35.6 Å². The van der Waals surface area contributed by atoms with Crippen LogP contribution in [0.1, 0.15) is 66.4 Å². The van der Waals surface area contributed by atoms with Crippen LogP contribution in [0.15, 0.2) is 66.7 Å². The van der Waals surface area contributed by atoms with Gasteiger partial charge in [0.1, 0.15) is 18.2 Å².